The van der Waals surface area contributed by atoms with Gasteiger partial charge >= 0.3 is 12.0 Å². The summed E-state index contributed by atoms with van der Waals surface area (Å²) in [6, 6.07) is 7.39. The molecule has 0 bridgehead atoms. The van der Waals surface area contributed by atoms with Crippen molar-refractivity contribution >= 4 is 23.8 Å². The quantitative estimate of drug-likeness (QED) is 0.0321. The van der Waals surface area contributed by atoms with Crippen molar-refractivity contribution in [1.82, 2.24) is 31.0 Å². The van der Waals surface area contributed by atoms with Gasteiger partial charge in [0.15, 0.2) is 0 Å². The van der Waals surface area contributed by atoms with E-state index in [0.717, 1.165) is 167 Å². The molecule has 1 aromatic carbocycles. The zero-order valence-electron chi connectivity index (χ0n) is 33.7. The first-order valence-corrected chi connectivity index (χ1v) is 21.5. The number of benzene rings is 1. The number of hydrogen-bond donors (Lipinski definition) is 6. The molecule has 2 atom stereocenters. The van der Waals surface area contributed by atoms with E-state index in [0.29, 0.717) is 22.9 Å². The minimum atomic E-state index is -0.205. The molecule has 3 aromatic rings. The van der Waals surface area contributed by atoms with Gasteiger partial charge in [0, 0.05) is 38.1 Å². The molecule has 314 valence electrons. The number of hydrogen-bond acceptors (Lipinski definition) is 12. The molecule has 14 nitrogen and oxygen atoms in total. The number of carbonyl (C=O) groups excluding carboxylic acids is 2. The number of rotatable bonds is 34. The lowest BCUT2D eigenvalue weighted by Gasteiger charge is -2.22. The second-order valence-corrected chi connectivity index (χ2v) is 15.1. The van der Waals surface area contributed by atoms with Crippen LogP contribution in [-0.2, 0) is 12.8 Å². The van der Waals surface area contributed by atoms with Crippen LogP contribution in [0.5, 0.6) is 0 Å². The van der Waals surface area contributed by atoms with Crippen LogP contribution in [0.2, 0.25) is 0 Å². The van der Waals surface area contributed by atoms with Gasteiger partial charge in [-0.15, -0.1) is 10.2 Å². The Hall–Kier alpha value is -4.04. The van der Waals surface area contributed by atoms with Gasteiger partial charge in [-0.3, -0.25) is 9.59 Å². The number of anilines is 2. The molecule has 0 radical (unpaired) electrons. The van der Waals surface area contributed by atoms with Gasteiger partial charge in [0.1, 0.15) is 0 Å². The first-order valence-electron chi connectivity index (χ1n) is 21.5. The van der Waals surface area contributed by atoms with E-state index in [1.165, 1.54) is 0 Å². The maximum atomic E-state index is 13.9. The van der Waals surface area contributed by atoms with Crippen LogP contribution in [0.25, 0.3) is 0 Å². The summed E-state index contributed by atoms with van der Waals surface area (Å²) in [6.07, 6.45) is 25.2. The average Bonchev–Trinajstić information content (AvgIpc) is 3.82. The second-order valence-electron chi connectivity index (χ2n) is 15.1. The molecule has 0 spiro atoms. The van der Waals surface area contributed by atoms with Crippen LogP contribution in [0.1, 0.15) is 187 Å². The van der Waals surface area contributed by atoms with Crippen molar-refractivity contribution in [2.75, 3.05) is 24.7 Å². The lowest BCUT2D eigenvalue weighted by molar-refractivity contribution is 0.0896. The van der Waals surface area contributed by atoms with Crippen LogP contribution in [0.3, 0.4) is 0 Å². The van der Waals surface area contributed by atoms with Crippen molar-refractivity contribution in [3.05, 3.63) is 47.2 Å². The highest BCUT2D eigenvalue weighted by atomic mass is 16.4. The third-order valence-electron chi connectivity index (χ3n) is 10.4. The summed E-state index contributed by atoms with van der Waals surface area (Å²) in [5.41, 5.74) is 11.9. The minimum Gasteiger partial charge on any atom is -0.408 e. The van der Waals surface area contributed by atoms with E-state index in [1.54, 1.807) is 12.1 Å². The van der Waals surface area contributed by atoms with E-state index in [9.17, 15) is 9.59 Å². The monoisotopic (exact) mass is 783 g/mol. The van der Waals surface area contributed by atoms with Gasteiger partial charge in [-0.1, -0.05) is 125 Å². The molecule has 0 saturated carbocycles. The number of aromatic nitrogens is 4. The highest BCUT2D eigenvalue weighted by Gasteiger charge is 2.22. The van der Waals surface area contributed by atoms with E-state index in [1.807, 2.05) is 12.1 Å². The van der Waals surface area contributed by atoms with Crippen LogP contribution in [0.15, 0.2) is 33.1 Å². The zero-order valence-corrected chi connectivity index (χ0v) is 33.7. The Balaban J connectivity index is 1.52. The SMILES string of the molecule is Nc1nnc(CCCCCCCC(CCCCCCCO)NC(=O)c2ccccc2C(=O)NC(CCCCCCCO)CCCCCCCc2nnc(N)o2)o1. The average molecular weight is 783 g/mol. The van der Waals surface area contributed by atoms with Crippen molar-refractivity contribution in [3.8, 4) is 0 Å². The Bertz CT molecular complexity index is 1360. The van der Waals surface area contributed by atoms with Crippen LogP contribution in [-0.4, -0.2) is 67.7 Å². The molecule has 56 heavy (non-hydrogen) atoms. The fourth-order valence-corrected chi connectivity index (χ4v) is 7.18. The maximum Gasteiger partial charge on any atom is 0.312 e. The van der Waals surface area contributed by atoms with E-state index in [4.69, 9.17) is 30.5 Å². The van der Waals surface area contributed by atoms with E-state index in [2.05, 4.69) is 31.0 Å². The highest BCUT2D eigenvalue weighted by molar-refractivity contribution is 6.07. The molecular weight excluding hydrogens is 713 g/mol. The molecule has 2 amide bonds. The van der Waals surface area contributed by atoms with Gasteiger partial charge in [-0.2, -0.15) is 0 Å². The first kappa shape index (κ1) is 46.3. The van der Waals surface area contributed by atoms with Gasteiger partial charge in [0.05, 0.1) is 11.1 Å². The molecule has 0 aliphatic heterocycles. The molecule has 0 aliphatic rings. The van der Waals surface area contributed by atoms with Gasteiger partial charge in [0.25, 0.3) is 11.8 Å². The van der Waals surface area contributed by atoms with Gasteiger partial charge < -0.3 is 41.1 Å². The summed E-state index contributed by atoms with van der Waals surface area (Å²) in [7, 11) is 0. The Morgan fingerprint density at radius 2 is 0.821 bits per heavy atom. The molecule has 0 saturated heterocycles. The Morgan fingerprint density at radius 3 is 1.14 bits per heavy atom. The molecular formula is C42H70N8O6. The number of aliphatic hydroxyl groups is 2. The lowest BCUT2D eigenvalue weighted by Crippen LogP contribution is -2.38. The molecule has 3 rings (SSSR count). The Kier molecular flexibility index (Phi) is 24.2. The zero-order chi connectivity index (χ0) is 40.1. The van der Waals surface area contributed by atoms with Crippen LogP contribution in [0.4, 0.5) is 12.0 Å². The van der Waals surface area contributed by atoms with E-state index >= 15 is 0 Å². The fourth-order valence-electron chi connectivity index (χ4n) is 7.18. The van der Waals surface area contributed by atoms with Crippen molar-refractivity contribution < 1.29 is 28.6 Å². The standard InChI is InChI=1S/C42H70N8O6/c43-41-49-47-37(55-41)29-17-9-1-5-13-23-33(25-15-7-3-11-21-31-51)45-39(53)35-27-19-20-28-36(35)40(54)46-34(26-16-8-4-12-22-32-52)24-14-6-2-10-18-30-38-48-50-42(44)56-38/h19-20,27-28,33-34,51-52H,1-18,21-26,29-32H2,(H2,43,49)(H2,44,50)(H,45,53)(H,46,54). The smallest absolute Gasteiger partial charge is 0.312 e. The summed E-state index contributed by atoms with van der Waals surface area (Å²) in [4.78, 5) is 27.7. The molecule has 8 N–H and O–H groups in total. The summed E-state index contributed by atoms with van der Waals surface area (Å²) >= 11 is 0. The number of nitrogens with two attached hydrogens (primary N) is 2. The number of aliphatic hydroxyl groups excluding tert-OH is 2. The lowest BCUT2D eigenvalue weighted by atomic mass is 9.98. The number of nitrogen functional groups attached to an aromatic ring is 2. The molecule has 14 heteroatoms. The number of aryl methyl sites for hydroxylation is 2. The van der Waals surface area contributed by atoms with Crippen molar-refractivity contribution in [2.45, 2.75) is 179 Å². The number of carbonyl (C=O) groups is 2. The van der Waals surface area contributed by atoms with E-state index in [-0.39, 0.29) is 49.1 Å². The molecule has 2 unspecified atom stereocenters. The van der Waals surface area contributed by atoms with E-state index < -0.39 is 0 Å². The predicted octanol–water partition coefficient (Wildman–Crippen LogP) is 7.65. The minimum absolute atomic E-state index is 0.0153. The summed E-state index contributed by atoms with van der Waals surface area (Å²) < 4.78 is 10.5. The van der Waals surface area contributed by atoms with Gasteiger partial charge in [-0.05, 0) is 63.5 Å². The number of nitrogens with one attached hydrogen (secondary N) is 2. The fraction of sp³-hybridized carbons (Fsp3) is 0.714. The number of unbranched alkanes of at least 4 members (excludes halogenated alkanes) is 16. The maximum absolute atomic E-state index is 13.9. The molecule has 0 fully saturated rings. The summed E-state index contributed by atoms with van der Waals surface area (Å²) in [5, 5.41) is 40.2. The van der Waals surface area contributed by atoms with Crippen molar-refractivity contribution in [1.29, 1.82) is 0 Å². The third kappa shape index (κ3) is 20.2. The van der Waals surface area contributed by atoms with Crippen molar-refractivity contribution in [2.24, 2.45) is 0 Å². The second kappa shape index (κ2) is 29.2. The summed E-state index contributed by atoms with van der Waals surface area (Å²) in [6.45, 7) is 0.448. The highest BCUT2D eigenvalue weighted by Crippen LogP contribution is 2.19. The Morgan fingerprint density at radius 1 is 0.500 bits per heavy atom. The van der Waals surface area contributed by atoms with Gasteiger partial charge in [-0.25, -0.2) is 0 Å². The molecule has 2 heterocycles. The predicted molar refractivity (Wildman–Crippen MR) is 219 cm³/mol. The normalized spacial score (nSPS) is 12.5. The van der Waals surface area contributed by atoms with Crippen molar-refractivity contribution in [3.63, 3.8) is 0 Å². The number of nitrogens with zero attached hydrogens (tertiary/aromatic N) is 4. The first-order chi connectivity index (χ1) is 27.4. The summed E-state index contributed by atoms with van der Waals surface area (Å²) in [5.74, 6) is 0.741. The third-order valence-corrected chi connectivity index (χ3v) is 10.4. The van der Waals surface area contributed by atoms with Gasteiger partial charge in [0.2, 0.25) is 11.8 Å². The number of amides is 2. The molecule has 2 aromatic heterocycles. The van der Waals surface area contributed by atoms with Crippen LogP contribution in [0, 0.1) is 0 Å². The Labute approximate surface area is 333 Å². The van der Waals surface area contributed by atoms with Crippen LogP contribution >= 0.6 is 0 Å². The molecule has 0 aliphatic carbocycles. The largest absolute Gasteiger partial charge is 0.408 e. The van der Waals surface area contributed by atoms with Crippen LogP contribution < -0.4 is 22.1 Å². The topological polar surface area (TPSA) is 229 Å².